The Balaban J connectivity index is 1.86. The SMILES string of the molecule is NS(=O)(=O)CCNC(=O)C1Cc2ccccc2N1. The summed E-state index contributed by atoms with van der Waals surface area (Å²) in [6.45, 7) is 0.0339. The van der Waals surface area contributed by atoms with E-state index >= 15 is 0 Å². The molecule has 0 spiro atoms. The number of rotatable bonds is 4. The summed E-state index contributed by atoms with van der Waals surface area (Å²) in [6, 6.07) is 7.34. The van der Waals surface area contributed by atoms with E-state index in [4.69, 9.17) is 5.14 Å². The van der Waals surface area contributed by atoms with Crippen molar-refractivity contribution >= 4 is 21.6 Å². The highest BCUT2D eigenvalue weighted by Gasteiger charge is 2.25. The number of carbonyl (C=O) groups is 1. The highest BCUT2D eigenvalue weighted by Crippen LogP contribution is 2.24. The molecule has 1 aromatic rings. The average Bonchev–Trinajstić information content (AvgIpc) is 2.70. The number of anilines is 1. The van der Waals surface area contributed by atoms with E-state index < -0.39 is 10.0 Å². The Morgan fingerprint density at radius 2 is 2.17 bits per heavy atom. The Morgan fingerprint density at radius 1 is 1.44 bits per heavy atom. The Hall–Kier alpha value is -1.60. The number of sulfonamides is 1. The smallest absolute Gasteiger partial charge is 0.242 e. The molecule has 0 radical (unpaired) electrons. The number of nitrogens with one attached hydrogen (secondary N) is 2. The minimum Gasteiger partial charge on any atom is -0.373 e. The van der Waals surface area contributed by atoms with E-state index in [1.54, 1.807) is 0 Å². The van der Waals surface area contributed by atoms with E-state index in [0.29, 0.717) is 6.42 Å². The quantitative estimate of drug-likeness (QED) is 0.681. The molecule has 1 unspecified atom stereocenters. The fourth-order valence-corrected chi connectivity index (χ4v) is 2.28. The van der Waals surface area contributed by atoms with Crippen molar-refractivity contribution in [1.29, 1.82) is 0 Å². The Labute approximate surface area is 106 Å². The van der Waals surface area contributed by atoms with Gasteiger partial charge < -0.3 is 10.6 Å². The van der Waals surface area contributed by atoms with Crippen LogP contribution in [-0.2, 0) is 21.2 Å². The minimum absolute atomic E-state index is 0.0339. The van der Waals surface area contributed by atoms with Crippen LogP contribution in [0, 0.1) is 0 Å². The minimum atomic E-state index is -3.53. The van der Waals surface area contributed by atoms with Gasteiger partial charge in [0.1, 0.15) is 6.04 Å². The molecule has 0 aliphatic carbocycles. The van der Waals surface area contributed by atoms with Crippen LogP contribution in [0.3, 0.4) is 0 Å². The molecule has 1 heterocycles. The zero-order chi connectivity index (χ0) is 13.2. The van der Waals surface area contributed by atoms with Gasteiger partial charge in [-0.25, -0.2) is 13.6 Å². The van der Waals surface area contributed by atoms with Gasteiger partial charge in [0, 0.05) is 18.7 Å². The molecule has 2 rings (SSSR count). The van der Waals surface area contributed by atoms with Crippen molar-refractivity contribution in [3.05, 3.63) is 29.8 Å². The van der Waals surface area contributed by atoms with Gasteiger partial charge in [0.25, 0.3) is 0 Å². The lowest BCUT2D eigenvalue weighted by Gasteiger charge is -2.11. The van der Waals surface area contributed by atoms with E-state index in [1.807, 2.05) is 24.3 Å². The van der Waals surface area contributed by atoms with Gasteiger partial charge in [0.2, 0.25) is 15.9 Å². The first-order valence-corrected chi connectivity index (χ1v) is 7.30. The van der Waals surface area contributed by atoms with Gasteiger partial charge in [-0.2, -0.15) is 0 Å². The number of fused-ring (bicyclic) bond motifs is 1. The maximum Gasteiger partial charge on any atom is 0.242 e. The molecule has 0 saturated carbocycles. The van der Waals surface area contributed by atoms with E-state index in [0.717, 1.165) is 11.3 Å². The predicted octanol–water partition coefficient (Wildman–Crippen LogP) is -0.572. The maximum atomic E-state index is 11.8. The monoisotopic (exact) mass is 269 g/mol. The number of hydrogen-bond donors (Lipinski definition) is 3. The van der Waals surface area contributed by atoms with Crippen LogP contribution in [0.2, 0.25) is 0 Å². The number of nitrogens with two attached hydrogens (primary N) is 1. The van der Waals surface area contributed by atoms with Crippen LogP contribution in [0.25, 0.3) is 0 Å². The molecule has 6 nitrogen and oxygen atoms in total. The lowest BCUT2D eigenvalue weighted by molar-refractivity contribution is -0.121. The van der Waals surface area contributed by atoms with Crippen molar-refractivity contribution < 1.29 is 13.2 Å². The first kappa shape index (κ1) is 12.8. The van der Waals surface area contributed by atoms with E-state index in [-0.39, 0.29) is 24.2 Å². The van der Waals surface area contributed by atoms with Crippen molar-refractivity contribution in [2.45, 2.75) is 12.5 Å². The summed E-state index contributed by atoms with van der Waals surface area (Å²) in [5.41, 5.74) is 2.04. The molecule has 1 aliphatic heterocycles. The molecule has 0 aromatic heterocycles. The summed E-state index contributed by atoms with van der Waals surface area (Å²) in [6.07, 6.45) is 0.609. The molecule has 0 saturated heterocycles. The zero-order valence-corrected chi connectivity index (χ0v) is 10.5. The normalized spacial score (nSPS) is 17.9. The predicted molar refractivity (Wildman–Crippen MR) is 68.5 cm³/mol. The van der Waals surface area contributed by atoms with Crippen LogP contribution in [0.15, 0.2) is 24.3 Å². The largest absolute Gasteiger partial charge is 0.373 e. The molecule has 98 valence electrons. The van der Waals surface area contributed by atoms with Crippen LogP contribution < -0.4 is 15.8 Å². The van der Waals surface area contributed by atoms with Gasteiger partial charge in [-0.3, -0.25) is 4.79 Å². The molecule has 18 heavy (non-hydrogen) atoms. The molecule has 4 N–H and O–H groups in total. The van der Waals surface area contributed by atoms with Crippen molar-refractivity contribution in [2.75, 3.05) is 17.6 Å². The first-order chi connectivity index (χ1) is 8.46. The number of benzene rings is 1. The molecular formula is C11H15N3O3S. The second-order valence-electron chi connectivity index (χ2n) is 4.22. The molecule has 1 amide bonds. The molecular weight excluding hydrogens is 254 g/mol. The third-order valence-corrected chi connectivity index (χ3v) is 3.55. The van der Waals surface area contributed by atoms with Crippen LogP contribution >= 0.6 is 0 Å². The fourth-order valence-electron chi connectivity index (χ4n) is 1.90. The number of hydrogen-bond acceptors (Lipinski definition) is 4. The molecule has 0 fully saturated rings. The van der Waals surface area contributed by atoms with Gasteiger partial charge in [0.15, 0.2) is 0 Å². The van der Waals surface area contributed by atoms with Gasteiger partial charge in [-0.15, -0.1) is 0 Å². The summed E-state index contributed by atoms with van der Waals surface area (Å²) in [5, 5.41) is 10.5. The summed E-state index contributed by atoms with van der Waals surface area (Å²) in [4.78, 5) is 11.8. The molecule has 1 aliphatic rings. The summed E-state index contributed by atoms with van der Waals surface area (Å²) in [5.74, 6) is -0.465. The van der Waals surface area contributed by atoms with Gasteiger partial charge in [-0.05, 0) is 11.6 Å². The standard InChI is InChI=1S/C11H15N3O3S/c12-18(16,17)6-5-13-11(15)10-7-8-3-1-2-4-9(8)14-10/h1-4,10,14H,5-7H2,(H,13,15)(H2,12,16,17). The van der Waals surface area contributed by atoms with Crippen LogP contribution in [-0.4, -0.2) is 32.7 Å². The topological polar surface area (TPSA) is 101 Å². The maximum absolute atomic E-state index is 11.8. The number of carbonyl (C=O) groups excluding carboxylic acids is 1. The second-order valence-corrected chi connectivity index (χ2v) is 5.95. The van der Waals surface area contributed by atoms with Crippen LogP contribution in [0.4, 0.5) is 5.69 Å². The number of amides is 1. The highest BCUT2D eigenvalue weighted by molar-refractivity contribution is 7.89. The summed E-state index contributed by atoms with van der Waals surface area (Å²) < 4.78 is 21.4. The fraction of sp³-hybridized carbons (Fsp3) is 0.364. The molecule has 1 atom stereocenters. The highest BCUT2D eigenvalue weighted by atomic mass is 32.2. The number of primary sulfonamides is 1. The lowest BCUT2D eigenvalue weighted by atomic mass is 10.1. The third kappa shape index (κ3) is 3.21. The van der Waals surface area contributed by atoms with E-state index in [1.165, 1.54) is 0 Å². The van der Waals surface area contributed by atoms with Crippen molar-refractivity contribution in [2.24, 2.45) is 5.14 Å². The molecule has 1 aromatic carbocycles. The average molecular weight is 269 g/mol. The zero-order valence-electron chi connectivity index (χ0n) is 9.72. The molecule has 0 bridgehead atoms. The van der Waals surface area contributed by atoms with Gasteiger partial charge in [0.05, 0.1) is 5.75 Å². The second kappa shape index (κ2) is 4.95. The van der Waals surface area contributed by atoms with E-state index in [2.05, 4.69) is 10.6 Å². The lowest BCUT2D eigenvalue weighted by Crippen LogP contribution is -2.41. The number of para-hydroxylation sites is 1. The first-order valence-electron chi connectivity index (χ1n) is 5.58. The molecule has 7 heteroatoms. The summed E-state index contributed by atoms with van der Waals surface area (Å²) >= 11 is 0. The van der Waals surface area contributed by atoms with Gasteiger partial charge in [-0.1, -0.05) is 18.2 Å². The van der Waals surface area contributed by atoms with Crippen LogP contribution in [0.1, 0.15) is 5.56 Å². The van der Waals surface area contributed by atoms with Crippen LogP contribution in [0.5, 0.6) is 0 Å². The van der Waals surface area contributed by atoms with Gasteiger partial charge >= 0.3 is 0 Å². The summed E-state index contributed by atoms with van der Waals surface area (Å²) in [7, 11) is -3.53. The third-order valence-electron chi connectivity index (χ3n) is 2.77. The Morgan fingerprint density at radius 3 is 2.83 bits per heavy atom. The Bertz CT molecular complexity index is 531. The van der Waals surface area contributed by atoms with E-state index in [9.17, 15) is 13.2 Å². The van der Waals surface area contributed by atoms with Crippen molar-refractivity contribution in [3.63, 3.8) is 0 Å². The van der Waals surface area contributed by atoms with Crippen molar-refractivity contribution in [1.82, 2.24) is 5.32 Å². The Kier molecular flexibility index (Phi) is 3.53. The van der Waals surface area contributed by atoms with Crippen molar-refractivity contribution in [3.8, 4) is 0 Å².